The highest BCUT2D eigenvalue weighted by molar-refractivity contribution is 7.85. The molecule has 0 saturated carbocycles. The number of benzene rings is 1. The highest BCUT2D eigenvalue weighted by Crippen LogP contribution is 2.19. The molecule has 0 radical (unpaired) electrons. The maximum Gasteiger partial charge on any atom is 0.306 e. The molecule has 0 aliphatic rings. The first kappa shape index (κ1) is 76.5. The molecule has 3 amide bonds. The predicted molar refractivity (Wildman–Crippen MR) is 311 cm³/mol. The van der Waals surface area contributed by atoms with E-state index in [1.807, 2.05) is 6.92 Å². The summed E-state index contributed by atoms with van der Waals surface area (Å²) in [4.78, 5) is 124. The van der Waals surface area contributed by atoms with Crippen LogP contribution < -0.4 is 16.0 Å². The lowest BCUT2D eigenvalue weighted by Crippen LogP contribution is -2.53. The Balaban J connectivity index is 2.28. The van der Waals surface area contributed by atoms with Gasteiger partial charge in [-0.25, -0.2) is 0 Å². The first-order valence-electron chi connectivity index (χ1n) is 30.1. The lowest BCUT2D eigenvalue weighted by atomic mass is 9.94. The van der Waals surface area contributed by atoms with E-state index in [-0.39, 0.29) is 127 Å². The number of ether oxygens (including phenoxy) is 4. The van der Waals surface area contributed by atoms with Crippen molar-refractivity contribution in [3.05, 3.63) is 35.4 Å². The van der Waals surface area contributed by atoms with Crippen molar-refractivity contribution in [2.24, 2.45) is 11.8 Å². The Bertz CT molecular complexity index is 2230. The molecule has 1 aromatic carbocycles. The van der Waals surface area contributed by atoms with Gasteiger partial charge in [0, 0.05) is 64.5 Å². The molecule has 0 heterocycles. The van der Waals surface area contributed by atoms with E-state index in [9.17, 15) is 71.1 Å². The summed E-state index contributed by atoms with van der Waals surface area (Å²) in [6.45, 7) is 3.86. The summed E-state index contributed by atoms with van der Waals surface area (Å²) in [5.74, 6) is -9.22. The number of hydrogen-bond donors (Lipinski definition) is 7. The molecule has 1 rings (SSSR count). The van der Waals surface area contributed by atoms with E-state index in [4.69, 9.17) is 24.1 Å². The molecule has 478 valence electrons. The van der Waals surface area contributed by atoms with Crippen molar-refractivity contribution in [2.45, 2.75) is 211 Å². The molecule has 0 fully saturated rings. The maximum absolute atomic E-state index is 13.7. The van der Waals surface area contributed by atoms with Crippen molar-refractivity contribution in [2.75, 3.05) is 59.4 Å². The topological polar surface area (TPSA) is 359 Å². The normalized spacial score (nSPS) is 12.8. The quantitative estimate of drug-likeness (QED) is 0.0252. The van der Waals surface area contributed by atoms with E-state index in [2.05, 4.69) is 16.0 Å². The van der Waals surface area contributed by atoms with Crippen LogP contribution >= 0.6 is 0 Å². The third-order valence-corrected chi connectivity index (χ3v) is 14.5. The van der Waals surface area contributed by atoms with Gasteiger partial charge in [-0.05, 0) is 43.2 Å². The minimum absolute atomic E-state index is 0.0240. The zero-order chi connectivity index (χ0) is 62.4. The summed E-state index contributed by atoms with van der Waals surface area (Å²) >= 11 is 0. The second-order valence-corrected chi connectivity index (χ2v) is 22.8. The van der Waals surface area contributed by atoms with Gasteiger partial charge in [0.05, 0.1) is 57.3 Å². The maximum atomic E-state index is 13.7. The second-order valence-electron chi connectivity index (χ2n) is 21.4. The van der Waals surface area contributed by atoms with Gasteiger partial charge < -0.3 is 50.2 Å². The van der Waals surface area contributed by atoms with Gasteiger partial charge in [0.1, 0.15) is 30.8 Å². The molecular weight excluding hydrogens is 1110 g/mol. The van der Waals surface area contributed by atoms with Crippen LogP contribution in [-0.4, -0.2) is 159 Å². The van der Waals surface area contributed by atoms with E-state index < -0.39 is 94.7 Å². The highest BCUT2D eigenvalue weighted by Gasteiger charge is 2.31. The van der Waals surface area contributed by atoms with Crippen LogP contribution in [0.1, 0.15) is 198 Å². The monoisotopic (exact) mass is 1210 g/mol. The first-order chi connectivity index (χ1) is 40.1. The first-order valence-corrected chi connectivity index (χ1v) is 31.7. The molecule has 84 heavy (non-hydrogen) atoms. The highest BCUT2D eigenvalue weighted by atomic mass is 32.2. The summed E-state index contributed by atoms with van der Waals surface area (Å²) in [5.41, 5.74) is 0.731. The van der Waals surface area contributed by atoms with Crippen molar-refractivity contribution in [1.82, 2.24) is 16.0 Å². The predicted octanol–water partition coefficient (Wildman–Crippen LogP) is 7.10. The molecule has 24 heteroatoms. The molecule has 0 bridgehead atoms. The number of carbonyl (C=O) groups is 10. The Morgan fingerprint density at radius 2 is 0.988 bits per heavy atom. The Morgan fingerprint density at radius 1 is 0.488 bits per heavy atom. The lowest BCUT2D eigenvalue weighted by Gasteiger charge is -2.24. The van der Waals surface area contributed by atoms with Crippen molar-refractivity contribution < 1.29 is 95.2 Å². The number of rotatable bonds is 57. The average Bonchev–Trinajstić information content (AvgIpc) is 3.56. The summed E-state index contributed by atoms with van der Waals surface area (Å²) in [7, 11) is -4.32. The number of aliphatic carboxylic acids is 3. The van der Waals surface area contributed by atoms with Gasteiger partial charge in [0.15, 0.2) is 17.3 Å². The van der Waals surface area contributed by atoms with Crippen LogP contribution in [0.5, 0.6) is 0 Å². The molecular formula is C60H97N3O20S. The smallest absolute Gasteiger partial charge is 0.306 e. The number of hydrogen-bond acceptors (Lipinski definition) is 16. The van der Waals surface area contributed by atoms with Crippen molar-refractivity contribution in [3.8, 4) is 0 Å². The van der Waals surface area contributed by atoms with E-state index >= 15 is 0 Å². The molecule has 23 nitrogen and oxygen atoms in total. The van der Waals surface area contributed by atoms with Crippen LogP contribution in [0.2, 0.25) is 0 Å². The Labute approximate surface area is 496 Å². The number of amides is 3. The zero-order valence-corrected chi connectivity index (χ0v) is 50.5. The van der Waals surface area contributed by atoms with E-state index in [1.54, 1.807) is 6.92 Å². The standard InChI is InChI=1S/C60H97N3O20S/c1-3-5-23-52(54(67)4-2)62-59(74)53(38-45-25-27-46(28-26-45)44-84(77,78)79)63-58(73)48(41-57(71)72)40-51(66)43-83-36-34-80-32-20-22-50(65)42-82-37-35-81-33-31-61-55(68)30-29-47(60(75)76)39-49(64)21-18-16-14-12-10-8-6-7-9-11-13-15-17-19-24-56(69)70/h25-28,47-48,52-53H,3-24,29-44H2,1-2H3,(H,61,68)(H,62,74)(H,63,73)(H,69,70)(H,71,72)(H,75,76)(H,77,78,79)/t47-,48-,52+,53+/m1/s1. The van der Waals surface area contributed by atoms with Gasteiger partial charge in [-0.1, -0.05) is 128 Å². The van der Waals surface area contributed by atoms with Crippen LogP contribution in [0.25, 0.3) is 0 Å². The lowest BCUT2D eigenvalue weighted by molar-refractivity contribution is -0.144. The third-order valence-electron chi connectivity index (χ3n) is 13.8. The number of unbranched alkanes of at least 4 members (excludes halogenated alkanes) is 14. The molecule has 0 aromatic heterocycles. The molecule has 0 unspecified atom stereocenters. The largest absolute Gasteiger partial charge is 0.481 e. The second kappa shape index (κ2) is 47.7. The number of carbonyl (C=O) groups excluding carboxylic acids is 7. The molecule has 0 aliphatic heterocycles. The summed E-state index contributed by atoms with van der Waals surface area (Å²) in [6, 6.07) is 3.68. The summed E-state index contributed by atoms with van der Waals surface area (Å²) in [6.07, 6.45) is 16.5. The van der Waals surface area contributed by atoms with Crippen molar-refractivity contribution in [3.63, 3.8) is 0 Å². The fourth-order valence-corrected chi connectivity index (χ4v) is 9.69. The summed E-state index contributed by atoms with van der Waals surface area (Å²) in [5, 5.41) is 35.9. The number of Topliss-reactive ketones (excluding diaryl/α,β-unsaturated/α-hetero) is 4. The zero-order valence-electron chi connectivity index (χ0n) is 49.7. The Kier molecular flexibility index (Phi) is 43.4. The number of nitrogens with one attached hydrogen (secondary N) is 3. The fourth-order valence-electron chi connectivity index (χ4n) is 9.08. The molecule has 0 aliphatic carbocycles. The third kappa shape index (κ3) is 42.3. The van der Waals surface area contributed by atoms with Crippen LogP contribution in [0.3, 0.4) is 0 Å². The fraction of sp³-hybridized carbons (Fsp3) is 0.733. The number of carboxylic acid groups (broad SMARTS) is 3. The van der Waals surface area contributed by atoms with E-state index in [0.717, 1.165) is 64.2 Å². The molecule has 0 spiro atoms. The van der Waals surface area contributed by atoms with E-state index in [1.165, 1.54) is 56.4 Å². The average molecular weight is 1210 g/mol. The Morgan fingerprint density at radius 3 is 1.52 bits per heavy atom. The number of ketones is 4. The van der Waals surface area contributed by atoms with E-state index in [0.29, 0.717) is 31.2 Å². The summed E-state index contributed by atoms with van der Waals surface area (Å²) < 4.78 is 53.6. The number of carboxylic acids is 3. The minimum atomic E-state index is -4.32. The van der Waals surface area contributed by atoms with Crippen molar-refractivity contribution in [1.29, 1.82) is 0 Å². The van der Waals surface area contributed by atoms with Crippen LogP contribution in [-0.2, 0) is 89.2 Å². The SMILES string of the molecule is CCCC[C@H](NC(=O)[C@H](Cc1ccc(CS(=O)(=O)O)cc1)NC(=O)[C@@H](CC(=O)O)CC(=O)COCCOCCCC(=O)COCCOCCNC(=O)CC[C@H](CC(=O)CCCCCCCCCCCCCCCCC(=O)O)C(=O)O)C(=O)CC. The van der Waals surface area contributed by atoms with Crippen LogP contribution in [0.4, 0.5) is 0 Å². The molecule has 7 N–H and O–H groups in total. The van der Waals surface area contributed by atoms with Gasteiger partial charge in [0.2, 0.25) is 17.7 Å². The van der Waals surface area contributed by atoms with Gasteiger partial charge in [-0.15, -0.1) is 0 Å². The van der Waals surface area contributed by atoms with Gasteiger partial charge in [-0.3, -0.25) is 52.5 Å². The van der Waals surface area contributed by atoms with Gasteiger partial charge in [0.25, 0.3) is 10.1 Å². The molecule has 0 saturated heterocycles. The minimum Gasteiger partial charge on any atom is -0.481 e. The van der Waals surface area contributed by atoms with Crippen molar-refractivity contribution >= 4 is 68.9 Å². The van der Waals surface area contributed by atoms with Crippen LogP contribution in [0, 0.1) is 11.8 Å². The van der Waals surface area contributed by atoms with Gasteiger partial charge >= 0.3 is 17.9 Å². The van der Waals surface area contributed by atoms with Crippen LogP contribution in [0.15, 0.2) is 24.3 Å². The molecule has 4 atom stereocenters. The van der Waals surface area contributed by atoms with Gasteiger partial charge in [-0.2, -0.15) is 8.42 Å². The molecule has 1 aromatic rings. The Hall–Kier alpha value is -5.53.